The first-order valence-electron chi connectivity index (χ1n) is 7.75. The summed E-state index contributed by atoms with van der Waals surface area (Å²) in [7, 11) is 2.98. The number of aryl methyl sites for hydroxylation is 1. The number of aromatic nitrogens is 2. The Morgan fingerprint density at radius 1 is 1.38 bits per heavy atom. The molecular weight excluding hydrogens is 310 g/mol. The van der Waals surface area contributed by atoms with Crippen molar-refractivity contribution in [1.82, 2.24) is 14.0 Å². The topological polar surface area (TPSA) is 77.5 Å². The Morgan fingerprint density at radius 3 is 2.75 bits per heavy atom. The quantitative estimate of drug-likeness (QED) is 0.763. The summed E-state index contributed by atoms with van der Waals surface area (Å²) < 4.78 is 7.64. The summed E-state index contributed by atoms with van der Waals surface area (Å²) in [5, 5.41) is 0. The Hall–Kier alpha value is -2.83. The molecule has 0 atom stereocenters. The average Bonchev–Trinajstić information content (AvgIpc) is 3.28. The van der Waals surface area contributed by atoms with Crippen molar-refractivity contribution in [1.29, 1.82) is 0 Å². The van der Waals surface area contributed by atoms with Gasteiger partial charge in [0.2, 0.25) is 5.91 Å². The summed E-state index contributed by atoms with van der Waals surface area (Å²) in [4.78, 5) is 38.0. The highest BCUT2D eigenvalue weighted by atomic mass is 16.3. The number of hydrogen-bond donors (Lipinski definition) is 0. The molecule has 3 rings (SSSR count). The van der Waals surface area contributed by atoms with E-state index in [1.54, 1.807) is 24.3 Å². The van der Waals surface area contributed by atoms with E-state index in [0.29, 0.717) is 12.1 Å². The molecule has 2 heterocycles. The molecule has 0 spiro atoms. The maximum Gasteiger partial charge on any atom is 0.330 e. The highest BCUT2D eigenvalue weighted by Gasteiger charge is 2.32. The van der Waals surface area contributed by atoms with Gasteiger partial charge in [-0.2, -0.15) is 0 Å². The lowest BCUT2D eigenvalue weighted by molar-refractivity contribution is -0.127. The van der Waals surface area contributed by atoms with Crippen molar-refractivity contribution >= 4 is 12.0 Å². The summed E-state index contributed by atoms with van der Waals surface area (Å²) >= 11 is 0. The first kappa shape index (κ1) is 16.0. The fourth-order valence-corrected chi connectivity index (χ4v) is 2.55. The summed E-state index contributed by atoms with van der Waals surface area (Å²) in [6.45, 7) is 0.409. The molecule has 0 aliphatic heterocycles. The molecule has 0 N–H and O–H groups in total. The summed E-state index contributed by atoms with van der Waals surface area (Å²) in [5.74, 6) is 0.548. The highest BCUT2D eigenvalue weighted by Crippen LogP contribution is 2.28. The van der Waals surface area contributed by atoms with Gasteiger partial charge in [-0.25, -0.2) is 4.79 Å². The maximum absolute atomic E-state index is 12.5. The Balaban J connectivity index is 1.81. The fraction of sp³-hybridized carbons (Fsp3) is 0.353. The molecule has 7 nitrogen and oxygen atoms in total. The number of carbonyl (C=O) groups excluding carboxylic acids is 1. The van der Waals surface area contributed by atoms with Gasteiger partial charge in [0.25, 0.3) is 5.56 Å². The monoisotopic (exact) mass is 329 g/mol. The Kier molecular flexibility index (Phi) is 4.24. The van der Waals surface area contributed by atoms with E-state index in [1.807, 2.05) is 6.07 Å². The normalized spacial score (nSPS) is 14.2. The summed E-state index contributed by atoms with van der Waals surface area (Å²) in [5.41, 5.74) is -0.534. The molecule has 1 amide bonds. The molecule has 24 heavy (non-hydrogen) atoms. The van der Waals surface area contributed by atoms with Crippen LogP contribution in [-0.4, -0.2) is 26.0 Å². The number of hydrogen-bond acceptors (Lipinski definition) is 4. The van der Waals surface area contributed by atoms with Crippen molar-refractivity contribution in [2.45, 2.75) is 25.4 Å². The van der Waals surface area contributed by atoms with Crippen LogP contribution in [0.5, 0.6) is 0 Å². The van der Waals surface area contributed by atoms with Crippen LogP contribution in [0.3, 0.4) is 0 Å². The molecule has 1 saturated carbocycles. The van der Waals surface area contributed by atoms with Crippen LogP contribution in [0.4, 0.5) is 0 Å². The first-order chi connectivity index (χ1) is 11.5. The van der Waals surface area contributed by atoms with Crippen LogP contribution in [0, 0.1) is 0 Å². The van der Waals surface area contributed by atoms with Crippen LogP contribution in [0.15, 0.2) is 44.7 Å². The van der Waals surface area contributed by atoms with Gasteiger partial charge < -0.3 is 13.9 Å². The molecule has 0 unspecified atom stereocenters. The van der Waals surface area contributed by atoms with E-state index < -0.39 is 11.2 Å². The molecule has 2 aromatic rings. The highest BCUT2D eigenvalue weighted by molar-refractivity contribution is 5.92. The molecule has 1 aliphatic rings. The number of amides is 1. The molecule has 2 aromatic heterocycles. The second-order valence-electron chi connectivity index (χ2n) is 5.95. The molecule has 0 aromatic carbocycles. The standard InChI is InChI=1S/C17H19N3O4/c1-18-10-12(16(22)19(2)17(18)23)5-8-15(21)20(13-6-7-13)11-14-4-3-9-24-14/h3-5,8-10,13H,6-7,11H2,1-2H3/b8-5+. The predicted octanol–water partition coefficient (Wildman–Crippen LogP) is 0.881. The van der Waals surface area contributed by atoms with Gasteiger partial charge in [-0.1, -0.05) is 0 Å². The first-order valence-corrected chi connectivity index (χ1v) is 7.75. The predicted molar refractivity (Wildman–Crippen MR) is 88.2 cm³/mol. The zero-order chi connectivity index (χ0) is 17.3. The van der Waals surface area contributed by atoms with Crippen LogP contribution >= 0.6 is 0 Å². The molecule has 0 bridgehead atoms. The van der Waals surface area contributed by atoms with Gasteiger partial charge >= 0.3 is 5.69 Å². The Labute approximate surface area is 138 Å². The van der Waals surface area contributed by atoms with Gasteiger partial charge in [0.05, 0.1) is 18.4 Å². The van der Waals surface area contributed by atoms with Crippen molar-refractivity contribution in [2.24, 2.45) is 14.1 Å². The fourth-order valence-electron chi connectivity index (χ4n) is 2.55. The van der Waals surface area contributed by atoms with E-state index in [2.05, 4.69) is 0 Å². The third kappa shape index (κ3) is 3.24. The molecule has 0 radical (unpaired) electrons. The van der Waals surface area contributed by atoms with E-state index in [0.717, 1.165) is 23.2 Å². The van der Waals surface area contributed by atoms with E-state index in [1.165, 1.54) is 30.0 Å². The van der Waals surface area contributed by atoms with Crippen molar-refractivity contribution < 1.29 is 9.21 Å². The number of furan rings is 1. The van der Waals surface area contributed by atoms with Crippen molar-refractivity contribution in [3.05, 3.63) is 62.8 Å². The third-order valence-corrected chi connectivity index (χ3v) is 4.06. The van der Waals surface area contributed by atoms with Gasteiger partial charge in [-0.3, -0.25) is 14.2 Å². The minimum atomic E-state index is -0.425. The summed E-state index contributed by atoms with van der Waals surface area (Å²) in [6.07, 6.45) is 7.80. The van der Waals surface area contributed by atoms with Crippen LogP contribution in [-0.2, 0) is 25.4 Å². The lowest BCUT2D eigenvalue weighted by Crippen LogP contribution is -2.37. The largest absolute Gasteiger partial charge is 0.467 e. The minimum absolute atomic E-state index is 0.176. The smallest absolute Gasteiger partial charge is 0.330 e. The molecule has 126 valence electrons. The SMILES string of the molecule is Cn1cc(/C=C/C(=O)N(Cc2ccco2)C2CC2)c(=O)n(C)c1=O. The average molecular weight is 329 g/mol. The van der Waals surface area contributed by atoms with Crippen LogP contribution < -0.4 is 11.2 Å². The Morgan fingerprint density at radius 2 is 2.12 bits per heavy atom. The maximum atomic E-state index is 12.5. The van der Waals surface area contributed by atoms with Gasteiger partial charge in [0.15, 0.2) is 0 Å². The second kappa shape index (κ2) is 6.35. The van der Waals surface area contributed by atoms with Gasteiger partial charge in [0.1, 0.15) is 5.76 Å². The van der Waals surface area contributed by atoms with Crippen LogP contribution in [0.2, 0.25) is 0 Å². The lowest BCUT2D eigenvalue weighted by Gasteiger charge is -2.19. The summed E-state index contributed by atoms with van der Waals surface area (Å²) in [6, 6.07) is 3.83. The lowest BCUT2D eigenvalue weighted by atomic mass is 10.2. The molecule has 0 saturated heterocycles. The third-order valence-electron chi connectivity index (χ3n) is 4.06. The van der Waals surface area contributed by atoms with E-state index >= 15 is 0 Å². The second-order valence-corrected chi connectivity index (χ2v) is 5.95. The van der Waals surface area contributed by atoms with Gasteiger partial charge in [-0.15, -0.1) is 0 Å². The number of carbonyl (C=O) groups is 1. The molecule has 1 aliphatic carbocycles. The molecular formula is C17H19N3O4. The van der Waals surface area contributed by atoms with Crippen LogP contribution in [0.1, 0.15) is 24.2 Å². The van der Waals surface area contributed by atoms with Crippen molar-refractivity contribution in [2.75, 3.05) is 0 Å². The van der Waals surface area contributed by atoms with Crippen molar-refractivity contribution in [3.8, 4) is 0 Å². The van der Waals surface area contributed by atoms with Crippen molar-refractivity contribution in [3.63, 3.8) is 0 Å². The molecule has 1 fully saturated rings. The molecule has 7 heteroatoms. The van der Waals surface area contributed by atoms with Gasteiger partial charge in [0, 0.05) is 32.4 Å². The van der Waals surface area contributed by atoms with Crippen LogP contribution in [0.25, 0.3) is 6.08 Å². The minimum Gasteiger partial charge on any atom is -0.467 e. The zero-order valence-electron chi connectivity index (χ0n) is 13.6. The number of nitrogens with zero attached hydrogens (tertiary/aromatic N) is 3. The number of rotatable bonds is 5. The van der Waals surface area contributed by atoms with Gasteiger partial charge in [-0.05, 0) is 31.1 Å². The van der Waals surface area contributed by atoms with E-state index in [4.69, 9.17) is 4.42 Å². The Bertz CT molecular complexity index is 886. The zero-order valence-corrected chi connectivity index (χ0v) is 13.6. The van der Waals surface area contributed by atoms with E-state index in [-0.39, 0.29) is 11.9 Å². The van der Waals surface area contributed by atoms with E-state index in [9.17, 15) is 14.4 Å².